The van der Waals surface area contributed by atoms with E-state index < -0.39 is 139 Å². The minimum atomic E-state index is -1.85. The van der Waals surface area contributed by atoms with Crippen LogP contribution < -0.4 is 54.8 Å². The molecule has 0 fully saturated rings. The van der Waals surface area contributed by atoms with Gasteiger partial charge in [-0.25, -0.2) is 4.79 Å². The maximum Gasteiger partial charge on any atom is 0.326 e. The van der Waals surface area contributed by atoms with E-state index in [0.29, 0.717) is 38.6 Å². The lowest BCUT2D eigenvalue weighted by atomic mass is 10.0. The van der Waals surface area contributed by atoms with Crippen LogP contribution in [0.25, 0.3) is 0 Å². The molecule has 0 radical (unpaired) electrons. The van der Waals surface area contributed by atoms with Crippen LogP contribution in [0.15, 0.2) is 0 Å². The van der Waals surface area contributed by atoms with Crippen molar-refractivity contribution >= 4 is 59.3 Å². The fraction of sp³-hybridized carbons (Fsp3) is 0.737. The molecule has 9 unspecified atom stereocenters. The molecule has 0 rings (SSSR count). The zero-order valence-corrected chi connectivity index (χ0v) is 36.6. The number of nitrogens with two attached hydrogens (primary N) is 4. The number of rotatable bonds is 31. The van der Waals surface area contributed by atoms with E-state index >= 15 is 0 Å². The Morgan fingerprint density at radius 2 is 0.857 bits per heavy atom. The number of carboxylic acids is 3. The van der Waals surface area contributed by atoms with Crippen molar-refractivity contribution in [3.63, 3.8) is 0 Å². The van der Waals surface area contributed by atoms with Gasteiger partial charge in [-0.2, -0.15) is 0 Å². The Morgan fingerprint density at radius 3 is 1.21 bits per heavy atom. The number of hydrogen-bond donors (Lipinski definition) is 15. The van der Waals surface area contributed by atoms with Gasteiger partial charge in [-0.05, 0) is 90.6 Å². The van der Waals surface area contributed by atoms with E-state index in [9.17, 15) is 63.6 Å². The van der Waals surface area contributed by atoms with Gasteiger partial charge >= 0.3 is 11.9 Å². The Hall–Kier alpha value is -5.50. The van der Waals surface area contributed by atoms with Crippen molar-refractivity contribution < 1.29 is 73.5 Å². The fourth-order valence-electron chi connectivity index (χ4n) is 5.61. The van der Waals surface area contributed by atoms with Crippen molar-refractivity contribution in [3.05, 3.63) is 0 Å². The summed E-state index contributed by atoms with van der Waals surface area (Å²) in [5.74, 6) is -10.4. The van der Waals surface area contributed by atoms with Gasteiger partial charge in [-0.3, -0.25) is 43.2 Å². The number of carbonyl (C=O) groups excluding carboxylic acids is 7. The number of primary amides is 1. The third-order valence-electron chi connectivity index (χ3n) is 8.92. The SMILES string of the molecule is CC(=O)O.CC(C)CC(N)C(=O)NC(CCCCN)C(=O)NC(CCCCN)C(=O)NC(C(=O)NC(CCC(=O)O)C(=O)NC(C(=O)NC(CCC(N)=O)C(=O)O)C(C)O)C(C)O. The molecule has 19 N–H and O–H groups in total. The van der Waals surface area contributed by atoms with E-state index in [1.807, 2.05) is 13.8 Å². The third kappa shape index (κ3) is 27.2. The summed E-state index contributed by atoms with van der Waals surface area (Å²) in [4.78, 5) is 123. The number of aliphatic carboxylic acids is 3. The molecular weight excluding hydrogens is 836 g/mol. The molecule has 9 atom stereocenters. The molecule has 0 aromatic rings. The Labute approximate surface area is 365 Å². The van der Waals surface area contributed by atoms with Crippen LogP contribution in [-0.2, 0) is 47.9 Å². The number of aliphatic hydroxyl groups excluding tert-OH is 2. The molecule has 63 heavy (non-hydrogen) atoms. The predicted molar refractivity (Wildman–Crippen MR) is 224 cm³/mol. The number of nitrogens with one attached hydrogen (secondary N) is 6. The molecule has 0 aromatic carbocycles. The Kier molecular flexibility index (Phi) is 30.5. The van der Waals surface area contributed by atoms with Gasteiger partial charge in [0.2, 0.25) is 41.4 Å². The quantitative estimate of drug-likeness (QED) is 0.0292. The second-order valence-electron chi connectivity index (χ2n) is 15.3. The van der Waals surface area contributed by atoms with Gasteiger partial charge in [0.05, 0.1) is 18.2 Å². The number of hydrogen-bond acceptors (Lipinski definition) is 15. The summed E-state index contributed by atoms with van der Waals surface area (Å²) < 4.78 is 0. The summed E-state index contributed by atoms with van der Waals surface area (Å²) in [6.07, 6.45) is -3.17. The van der Waals surface area contributed by atoms with Gasteiger partial charge in [-0.1, -0.05) is 13.8 Å². The molecular formula is C38H70N10O15. The molecule has 0 heterocycles. The number of amides is 7. The first-order valence-corrected chi connectivity index (χ1v) is 20.6. The van der Waals surface area contributed by atoms with Crippen LogP contribution >= 0.6 is 0 Å². The van der Waals surface area contributed by atoms with Crippen LogP contribution in [0.5, 0.6) is 0 Å². The summed E-state index contributed by atoms with van der Waals surface area (Å²) in [6, 6.07) is -10.4. The lowest BCUT2D eigenvalue weighted by Gasteiger charge is -2.29. The first kappa shape index (κ1) is 59.6. The Bertz CT molecular complexity index is 1510. The molecule has 0 aliphatic rings. The van der Waals surface area contributed by atoms with Gasteiger partial charge in [0.1, 0.15) is 36.3 Å². The highest BCUT2D eigenvalue weighted by atomic mass is 16.4. The molecule has 0 saturated heterocycles. The van der Waals surface area contributed by atoms with E-state index in [-0.39, 0.29) is 25.3 Å². The van der Waals surface area contributed by atoms with Gasteiger partial charge < -0.3 is 80.4 Å². The molecule has 0 aromatic heterocycles. The third-order valence-corrected chi connectivity index (χ3v) is 8.92. The van der Waals surface area contributed by atoms with Crippen molar-refractivity contribution in [2.75, 3.05) is 13.1 Å². The molecule has 25 heteroatoms. The highest BCUT2D eigenvalue weighted by Crippen LogP contribution is 2.10. The van der Waals surface area contributed by atoms with Crippen LogP contribution in [0.3, 0.4) is 0 Å². The smallest absolute Gasteiger partial charge is 0.326 e. The molecule has 7 amide bonds. The zero-order valence-electron chi connectivity index (χ0n) is 36.6. The molecule has 362 valence electrons. The van der Waals surface area contributed by atoms with Crippen LogP contribution in [0.2, 0.25) is 0 Å². The predicted octanol–water partition coefficient (Wildman–Crippen LogP) is -4.41. The van der Waals surface area contributed by atoms with Gasteiger partial charge in [0.25, 0.3) is 5.97 Å². The largest absolute Gasteiger partial charge is 0.481 e. The zero-order chi connectivity index (χ0) is 49.0. The number of carboxylic acid groups (broad SMARTS) is 3. The van der Waals surface area contributed by atoms with Crippen LogP contribution in [0.1, 0.15) is 105 Å². The highest BCUT2D eigenvalue weighted by molar-refractivity contribution is 5.97. The number of aliphatic hydroxyl groups is 2. The standard InChI is InChI=1S/C36H66N10O13.C2H4O2/c1-18(2)17-21(39)30(52)41-22(9-5-7-15-37)31(53)42-23(10-6-8-16-38)32(54)45-28(19(3)47)34(56)43-24(12-14-27(50)51)33(55)46-29(20(4)48)35(57)44-25(36(58)59)11-13-26(40)49;1-2(3)4/h18-25,28-29,47-48H,5-17,37-39H2,1-4H3,(H2,40,49)(H,41,52)(H,42,53)(H,43,56)(H,44,57)(H,45,54)(H,46,55)(H,50,51)(H,58,59);1H3,(H,3,4). The Morgan fingerprint density at radius 1 is 0.508 bits per heavy atom. The first-order chi connectivity index (χ1) is 29.3. The molecule has 0 spiro atoms. The van der Waals surface area contributed by atoms with Crippen molar-refractivity contribution in [2.45, 2.75) is 160 Å². The summed E-state index contributed by atoms with van der Waals surface area (Å²) >= 11 is 0. The minimum Gasteiger partial charge on any atom is -0.481 e. The van der Waals surface area contributed by atoms with Crippen molar-refractivity contribution in [1.29, 1.82) is 0 Å². The van der Waals surface area contributed by atoms with Gasteiger partial charge in [0, 0.05) is 19.8 Å². The monoisotopic (exact) mass is 907 g/mol. The molecule has 0 aliphatic carbocycles. The van der Waals surface area contributed by atoms with Crippen molar-refractivity contribution in [3.8, 4) is 0 Å². The molecule has 25 nitrogen and oxygen atoms in total. The van der Waals surface area contributed by atoms with Gasteiger partial charge in [-0.15, -0.1) is 0 Å². The molecule has 0 bridgehead atoms. The minimum absolute atomic E-state index is 0.0109. The van der Waals surface area contributed by atoms with Crippen LogP contribution in [0, 0.1) is 5.92 Å². The van der Waals surface area contributed by atoms with Crippen LogP contribution in [-0.4, -0.2) is 152 Å². The second-order valence-corrected chi connectivity index (χ2v) is 15.3. The van der Waals surface area contributed by atoms with E-state index in [2.05, 4.69) is 31.9 Å². The van der Waals surface area contributed by atoms with E-state index in [1.165, 1.54) is 0 Å². The van der Waals surface area contributed by atoms with Crippen molar-refractivity contribution in [2.24, 2.45) is 28.9 Å². The average Bonchev–Trinajstić information content (AvgIpc) is 3.16. The van der Waals surface area contributed by atoms with E-state index in [0.717, 1.165) is 20.8 Å². The normalized spacial score (nSPS) is 15.2. The number of carbonyl (C=O) groups is 10. The number of unbranched alkanes of at least 4 members (excludes halogenated alkanes) is 2. The van der Waals surface area contributed by atoms with Crippen LogP contribution in [0.4, 0.5) is 0 Å². The maximum atomic E-state index is 13.7. The second kappa shape index (κ2) is 32.2. The molecule has 0 aliphatic heterocycles. The summed E-state index contributed by atoms with van der Waals surface area (Å²) in [5, 5.41) is 61.1. The summed E-state index contributed by atoms with van der Waals surface area (Å²) in [7, 11) is 0. The fourth-order valence-corrected chi connectivity index (χ4v) is 5.61. The first-order valence-electron chi connectivity index (χ1n) is 20.6. The summed E-state index contributed by atoms with van der Waals surface area (Å²) in [6.45, 7) is 7.62. The molecule has 0 saturated carbocycles. The van der Waals surface area contributed by atoms with E-state index in [4.69, 9.17) is 32.8 Å². The highest BCUT2D eigenvalue weighted by Gasteiger charge is 2.36. The van der Waals surface area contributed by atoms with Crippen molar-refractivity contribution in [1.82, 2.24) is 31.9 Å². The van der Waals surface area contributed by atoms with E-state index in [1.54, 1.807) is 0 Å². The summed E-state index contributed by atoms with van der Waals surface area (Å²) in [5.41, 5.74) is 22.3. The topological polar surface area (TPSA) is 448 Å². The lowest BCUT2D eigenvalue weighted by Crippen LogP contribution is -2.62. The Balaban J connectivity index is 0. The average molecular weight is 907 g/mol. The maximum absolute atomic E-state index is 13.7. The van der Waals surface area contributed by atoms with Gasteiger partial charge in [0.15, 0.2) is 0 Å². The lowest BCUT2D eigenvalue weighted by molar-refractivity contribution is -0.143.